The molecular formula is C19H24F6N6O. The van der Waals surface area contributed by atoms with Crippen LogP contribution in [0.15, 0.2) is 18.5 Å². The van der Waals surface area contributed by atoms with Crippen molar-refractivity contribution < 1.29 is 31.1 Å². The van der Waals surface area contributed by atoms with Crippen molar-refractivity contribution in [2.24, 2.45) is 11.1 Å². The maximum atomic E-state index is 13.2. The van der Waals surface area contributed by atoms with Crippen LogP contribution in [0.2, 0.25) is 0 Å². The Morgan fingerprint density at radius 3 is 2.47 bits per heavy atom. The maximum absolute atomic E-state index is 13.2. The summed E-state index contributed by atoms with van der Waals surface area (Å²) in [7, 11) is 0. The summed E-state index contributed by atoms with van der Waals surface area (Å²) in [5.41, 5.74) is 2.90. The minimum Gasteiger partial charge on any atom is -0.323 e. The third kappa shape index (κ3) is 4.62. The van der Waals surface area contributed by atoms with Crippen LogP contribution in [0.5, 0.6) is 0 Å². The van der Waals surface area contributed by atoms with Gasteiger partial charge in [-0.2, -0.15) is 31.4 Å². The predicted molar refractivity (Wildman–Crippen MR) is 102 cm³/mol. The molecule has 0 bridgehead atoms. The summed E-state index contributed by atoms with van der Waals surface area (Å²) in [6, 6.07) is -0.0546. The van der Waals surface area contributed by atoms with Gasteiger partial charge in [-0.25, -0.2) is 14.3 Å². The summed E-state index contributed by atoms with van der Waals surface area (Å²) < 4.78 is 80.0. The van der Waals surface area contributed by atoms with Crippen LogP contribution in [-0.4, -0.2) is 50.0 Å². The summed E-state index contributed by atoms with van der Waals surface area (Å²) in [5, 5.41) is 6.08. The highest BCUT2D eigenvalue weighted by atomic mass is 19.4. The van der Waals surface area contributed by atoms with Crippen molar-refractivity contribution in [2.75, 3.05) is 6.54 Å². The Morgan fingerprint density at radius 1 is 1.25 bits per heavy atom. The molecule has 1 aliphatic rings. The third-order valence-corrected chi connectivity index (χ3v) is 5.80. The first kappa shape index (κ1) is 24.1. The molecule has 0 radical (unpaired) electrons. The molecule has 2 aromatic rings. The lowest BCUT2D eigenvalue weighted by Gasteiger charge is -2.28. The van der Waals surface area contributed by atoms with E-state index in [2.05, 4.69) is 10.1 Å². The Bertz CT molecular complexity index is 1000. The van der Waals surface area contributed by atoms with E-state index in [1.54, 1.807) is 6.07 Å². The van der Waals surface area contributed by atoms with Crippen molar-refractivity contribution in [3.8, 4) is 0 Å². The fourth-order valence-electron chi connectivity index (χ4n) is 3.32. The van der Waals surface area contributed by atoms with Crippen LogP contribution >= 0.6 is 0 Å². The van der Waals surface area contributed by atoms with E-state index in [0.717, 1.165) is 25.7 Å². The van der Waals surface area contributed by atoms with E-state index in [1.807, 2.05) is 5.32 Å². The first-order valence-corrected chi connectivity index (χ1v) is 9.83. The lowest BCUT2D eigenvalue weighted by molar-refractivity contribution is -0.214. The Balaban J connectivity index is 1.71. The van der Waals surface area contributed by atoms with Gasteiger partial charge in [-0.15, -0.1) is 0 Å². The number of rotatable bonds is 6. The largest absolute Gasteiger partial charge is 0.413 e. The molecule has 1 aliphatic heterocycles. The van der Waals surface area contributed by atoms with Gasteiger partial charge in [0.25, 0.3) is 0 Å². The number of halogens is 6. The van der Waals surface area contributed by atoms with Gasteiger partial charge in [0.1, 0.15) is 0 Å². The third-order valence-electron chi connectivity index (χ3n) is 5.80. The highest BCUT2D eigenvalue weighted by molar-refractivity contribution is 5.78. The van der Waals surface area contributed by atoms with E-state index in [1.165, 1.54) is 16.9 Å². The highest BCUT2D eigenvalue weighted by Crippen LogP contribution is 2.42. The molecule has 0 unspecified atom stereocenters. The predicted octanol–water partition coefficient (Wildman–Crippen LogP) is 3.94. The summed E-state index contributed by atoms with van der Waals surface area (Å²) in [5.74, 6) is 0. The van der Waals surface area contributed by atoms with E-state index in [4.69, 9.17) is 5.73 Å². The Kier molecular flexibility index (Phi) is 5.86. The highest BCUT2D eigenvalue weighted by Gasteiger charge is 2.57. The van der Waals surface area contributed by atoms with Crippen molar-refractivity contribution in [1.82, 2.24) is 24.8 Å². The van der Waals surface area contributed by atoms with Gasteiger partial charge < -0.3 is 16.0 Å². The number of carbonyl (C=O) groups is 1. The number of nitrogens with zero attached hydrogens (tertiary/aromatic N) is 4. The van der Waals surface area contributed by atoms with E-state index < -0.39 is 41.9 Å². The van der Waals surface area contributed by atoms with Crippen LogP contribution in [0.4, 0.5) is 31.1 Å². The number of imidazole rings is 1. The standard InChI is InChI=1S/C19H24F6N6O/c1-16(2,18(20,21)22)5-4-12(26)13-9-31-14(28-13)6-11(7-27-31)8-30-10-17(3,19(23,24)25)29-15(30)32/h6-7,9,12H,4-5,8,10,26H2,1-3H3,(H,29,32)/t12-,17+/m0/s1. The van der Waals surface area contributed by atoms with E-state index in [0.29, 0.717) is 16.9 Å². The van der Waals surface area contributed by atoms with Gasteiger partial charge in [0.2, 0.25) is 0 Å². The van der Waals surface area contributed by atoms with Crippen molar-refractivity contribution in [3.63, 3.8) is 0 Å². The second kappa shape index (κ2) is 7.78. The molecule has 178 valence electrons. The summed E-state index contributed by atoms with van der Waals surface area (Å²) >= 11 is 0. The van der Waals surface area contributed by atoms with Crippen LogP contribution in [0.25, 0.3) is 5.65 Å². The number of carbonyl (C=O) groups excluding carboxylic acids is 1. The number of alkyl halides is 6. The topological polar surface area (TPSA) is 88.5 Å². The molecule has 2 aromatic heterocycles. The second-order valence-corrected chi connectivity index (χ2v) is 8.98. The molecule has 3 heterocycles. The minimum absolute atomic E-state index is 0.0488. The van der Waals surface area contributed by atoms with Crippen molar-refractivity contribution in [3.05, 3.63) is 29.7 Å². The van der Waals surface area contributed by atoms with Crippen molar-refractivity contribution in [1.29, 1.82) is 0 Å². The molecule has 0 spiro atoms. The number of nitrogens with one attached hydrogen (secondary N) is 1. The zero-order valence-corrected chi connectivity index (χ0v) is 17.7. The SMILES string of the molecule is CC(C)(CC[C@H](N)c1cn2ncc(CN3C[C@](C)(C(F)(F)F)NC3=O)cc2n1)C(F)(F)F. The Hall–Kier alpha value is -2.57. The van der Waals surface area contributed by atoms with Gasteiger partial charge >= 0.3 is 18.4 Å². The van der Waals surface area contributed by atoms with Crippen LogP contribution in [-0.2, 0) is 6.54 Å². The zero-order valence-electron chi connectivity index (χ0n) is 17.7. The smallest absolute Gasteiger partial charge is 0.323 e. The molecule has 32 heavy (non-hydrogen) atoms. The number of fused-ring (bicyclic) bond motifs is 1. The fourth-order valence-corrected chi connectivity index (χ4v) is 3.32. The molecule has 1 saturated heterocycles. The molecule has 13 heteroatoms. The maximum Gasteiger partial charge on any atom is 0.413 e. The van der Waals surface area contributed by atoms with Gasteiger partial charge in [-0.3, -0.25) is 0 Å². The number of aromatic nitrogens is 3. The molecule has 7 nitrogen and oxygen atoms in total. The first-order valence-electron chi connectivity index (χ1n) is 9.83. The number of urea groups is 1. The average molecular weight is 466 g/mol. The number of hydrogen-bond donors (Lipinski definition) is 2. The van der Waals surface area contributed by atoms with Crippen LogP contribution in [0.3, 0.4) is 0 Å². The lowest BCUT2D eigenvalue weighted by atomic mass is 9.85. The van der Waals surface area contributed by atoms with Crippen LogP contribution in [0, 0.1) is 5.41 Å². The van der Waals surface area contributed by atoms with Gasteiger partial charge in [-0.1, -0.05) is 13.8 Å². The molecule has 0 saturated carbocycles. The summed E-state index contributed by atoms with van der Waals surface area (Å²) in [4.78, 5) is 17.3. The second-order valence-electron chi connectivity index (χ2n) is 8.98. The zero-order chi connectivity index (χ0) is 24.1. The molecule has 3 N–H and O–H groups in total. The number of nitrogens with two attached hydrogens (primary N) is 1. The molecule has 0 aliphatic carbocycles. The fraction of sp³-hybridized carbons (Fsp3) is 0.632. The number of amides is 2. The van der Waals surface area contributed by atoms with Gasteiger partial charge in [0.15, 0.2) is 11.2 Å². The molecule has 1 fully saturated rings. The van der Waals surface area contributed by atoms with Crippen LogP contribution in [0.1, 0.15) is 50.9 Å². The lowest BCUT2D eigenvalue weighted by Crippen LogP contribution is -2.53. The van der Waals surface area contributed by atoms with Gasteiger partial charge in [0.05, 0.1) is 30.0 Å². The monoisotopic (exact) mass is 466 g/mol. The van der Waals surface area contributed by atoms with Crippen molar-refractivity contribution in [2.45, 2.75) is 64.1 Å². The molecule has 3 rings (SSSR count). The normalized spacial score (nSPS) is 21.3. The van der Waals surface area contributed by atoms with E-state index >= 15 is 0 Å². The van der Waals surface area contributed by atoms with Crippen LogP contribution < -0.4 is 11.1 Å². The Labute approximate surface area is 180 Å². The molecule has 2 atom stereocenters. The summed E-state index contributed by atoms with van der Waals surface area (Å²) in [6.45, 7) is 2.45. The first-order chi connectivity index (χ1) is 14.5. The minimum atomic E-state index is -4.60. The molecule has 2 amide bonds. The van der Waals surface area contributed by atoms with E-state index in [9.17, 15) is 31.1 Å². The number of hydrogen-bond acceptors (Lipinski definition) is 4. The van der Waals surface area contributed by atoms with Gasteiger partial charge in [0, 0.05) is 12.6 Å². The Morgan fingerprint density at radius 2 is 1.91 bits per heavy atom. The average Bonchev–Trinajstić information content (AvgIpc) is 3.19. The van der Waals surface area contributed by atoms with E-state index in [-0.39, 0.29) is 19.4 Å². The summed E-state index contributed by atoms with van der Waals surface area (Å²) in [6.07, 6.45) is -6.22. The quantitative estimate of drug-likeness (QED) is 0.632. The van der Waals surface area contributed by atoms with Gasteiger partial charge in [-0.05, 0) is 31.4 Å². The molecular weight excluding hydrogens is 442 g/mol. The van der Waals surface area contributed by atoms with Crippen molar-refractivity contribution >= 4 is 11.7 Å². The molecule has 0 aromatic carbocycles.